The van der Waals surface area contributed by atoms with Crippen LogP contribution in [0.1, 0.15) is 71.1 Å². The average molecular weight is 486 g/mol. The minimum Gasteiger partial charge on any atom is -0.436 e. The molecule has 35 heavy (non-hydrogen) atoms. The minimum atomic E-state index is -3.40. The molecule has 0 radical (unpaired) electrons. The molecule has 5 rings (SSSR count). The number of nitrogens with zero attached hydrogens (tertiary/aromatic N) is 1. The van der Waals surface area contributed by atoms with Gasteiger partial charge in [0, 0.05) is 5.56 Å². The van der Waals surface area contributed by atoms with E-state index < -0.39 is 23.6 Å². The first-order valence-electron chi connectivity index (χ1n) is 13.1. The zero-order valence-electron chi connectivity index (χ0n) is 20.3. The third kappa shape index (κ3) is 5.36. The van der Waals surface area contributed by atoms with Gasteiger partial charge in [0.2, 0.25) is 5.89 Å². The Bertz CT molecular complexity index is 1090. The van der Waals surface area contributed by atoms with Crippen LogP contribution in [-0.4, -0.2) is 11.1 Å². The van der Waals surface area contributed by atoms with E-state index in [-0.39, 0.29) is 5.89 Å². The standard InChI is InChI=1S/C29H34F3NO2/c1-2-5-19-8-10-20(11-9-19)21-12-15-23(16-13-21)29(31,32)35-26-17-14-22(18-24(26)30)28-33-25-6-3-4-7-27(25)34-28/h3-4,6-7,14,17-21,23H,2,5,8-13,15-16H2,1H3. The minimum absolute atomic E-state index is 0.241. The Morgan fingerprint density at radius 2 is 1.63 bits per heavy atom. The molecule has 2 saturated carbocycles. The van der Waals surface area contributed by atoms with E-state index in [1.165, 1.54) is 50.7 Å². The van der Waals surface area contributed by atoms with Crippen molar-refractivity contribution in [1.82, 2.24) is 4.98 Å². The third-order valence-corrected chi connectivity index (χ3v) is 8.22. The van der Waals surface area contributed by atoms with Crippen LogP contribution >= 0.6 is 0 Å². The van der Waals surface area contributed by atoms with Crippen molar-refractivity contribution in [1.29, 1.82) is 0 Å². The molecule has 0 aliphatic heterocycles. The van der Waals surface area contributed by atoms with Gasteiger partial charge in [0.05, 0.1) is 5.92 Å². The number of hydrogen-bond donors (Lipinski definition) is 0. The molecule has 0 atom stereocenters. The van der Waals surface area contributed by atoms with Crippen LogP contribution in [0.2, 0.25) is 0 Å². The molecule has 0 spiro atoms. The lowest BCUT2D eigenvalue weighted by Gasteiger charge is -2.39. The van der Waals surface area contributed by atoms with Crippen molar-refractivity contribution in [3.05, 3.63) is 48.3 Å². The number of aromatic nitrogens is 1. The molecule has 2 fully saturated rings. The fourth-order valence-corrected chi connectivity index (χ4v) is 6.23. The second-order valence-corrected chi connectivity index (χ2v) is 10.5. The second-order valence-electron chi connectivity index (χ2n) is 10.5. The van der Waals surface area contributed by atoms with Gasteiger partial charge in [-0.05, 0) is 86.6 Å². The van der Waals surface area contributed by atoms with Crippen LogP contribution in [0, 0.1) is 29.5 Å². The summed E-state index contributed by atoms with van der Waals surface area (Å²) >= 11 is 0. The van der Waals surface area contributed by atoms with E-state index in [1.807, 2.05) is 12.1 Å². The first kappa shape index (κ1) is 24.2. The van der Waals surface area contributed by atoms with E-state index in [0.717, 1.165) is 24.8 Å². The highest BCUT2D eigenvalue weighted by Crippen LogP contribution is 2.46. The van der Waals surface area contributed by atoms with Gasteiger partial charge in [-0.25, -0.2) is 9.37 Å². The van der Waals surface area contributed by atoms with Crippen LogP contribution in [0.3, 0.4) is 0 Å². The van der Waals surface area contributed by atoms with Crippen molar-refractivity contribution < 1.29 is 22.3 Å². The fraction of sp³-hybridized carbons (Fsp3) is 0.552. The first-order chi connectivity index (χ1) is 16.9. The van der Waals surface area contributed by atoms with Gasteiger partial charge in [0.25, 0.3) is 0 Å². The van der Waals surface area contributed by atoms with Crippen molar-refractivity contribution in [2.45, 2.75) is 77.2 Å². The van der Waals surface area contributed by atoms with Gasteiger partial charge in [-0.1, -0.05) is 44.7 Å². The normalized spacial score (nSPS) is 25.6. The van der Waals surface area contributed by atoms with Crippen LogP contribution in [0.5, 0.6) is 5.75 Å². The van der Waals surface area contributed by atoms with E-state index in [2.05, 4.69) is 11.9 Å². The Labute approximate surface area is 205 Å². The molecule has 3 nitrogen and oxygen atoms in total. The molecular formula is C29H34F3NO2. The number of fused-ring (bicyclic) bond motifs is 1. The summed E-state index contributed by atoms with van der Waals surface area (Å²) in [5.74, 6) is 0.145. The molecule has 0 unspecified atom stereocenters. The maximum atomic E-state index is 15.0. The first-order valence-corrected chi connectivity index (χ1v) is 13.1. The maximum Gasteiger partial charge on any atom is 0.400 e. The van der Waals surface area contributed by atoms with Crippen LogP contribution in [0.4, 0.5) is 13.2 Å². The number of benzene rings is 2. The molecule has 6 heteroatoms. The summed E-state index contributed by atoms with van der Waals surface area (Å²) in [5, 5.41) is 0. The SMILES string of the molecule is CCCC1CCC(C2CCC(C(F)(F)Oc3ccc(-c4nc5ccccc5o4)cc3F)CC2)CC1. The molecule has 1 heterocycles. The quantitative estimate of drug-likeness (QED) is 0.335. The topological polar surface area (TPSA) is 35.3 Å². The number of alkyl halides is 2. The summed E-state index contributed by atoms with van der Waals surface area (Å²) in [7, 11) is 0. The fourth-order valence-electron chi connectivity index (χ4n) is 6.23. The number of para-hydroxylation sites is 2. The summed E-state index contributed by atoms with van der Waals surface area (Å²) < 4.78 is 55.4. The van der Waals surface area contributed by atoms with Crippen molar-refractivity contribution in [2.75, 3.05) is 0 Å². The highest BCUT2D eigenvalue weighted by Gasteiger charge is 2.45. The van der Waals surface area contributed by atoms with Gasteiger partial charge >= 0.3 is 6.11 Å². The highest BCUT2D eigenvalue weighted by molar-refractivity contribution is 5.76. The Hall–Kier alpha value is -2.50. The van der Waals surface area contributed by atoms with E-state index >= 15 is 8.78 Å². The largest absolute Gasteiger partial charge is 0.436 e. The van der Waals surface area contributed by atoms with Crippen LogP contribution in [-0.2, 0) is 0 Å². The van der Waals surface area contributed by atoms with Crippen molar-refractivity contribution in [3.63, 3.8) is 0 Å². The number of hydrogen-bond acceptors (Lipinski definition) is 3. The van der Waals surface area contributed by atoms with E-state index in [9.17, 15) is 4.39 Å². The van der Waals surface area contributed by atoms with Crippen LogP contribution < -0.4 is 4.74 Å². The van der Waals surface area contributed by atoms with E-state index in [4.69, 9.17) is 9.15 Å². The summed E-state index contributed by atoms with van der Waals surface area (Å²) in [4.78, 5) is 4.34. The van der Waals surface area contributed by atoms with Gasteiger partial charge < -0.3 is 9.15 Å². The predicted octanol–water partition coefficient (Wildman–Crippen LogP) is 9.02. The number of ether oxygens (including phenoxy) is 1. The zero-order chi connectivity index (χ0) is 24.4. The molecule has 2 aliphatic rings. The summed E-state index contributed by atoms with van der Waals surface area (Å²) in [6, 6.07) is 11.1. The number of rotatable bonds is 7. The maximum absolute atomic E-state index is 15.0. The van der Waals surface area contributed by atoms with Crippen molar-refractivity contribution >= 4 is 11.1 Å². The van der Waals surface area contributed by atoms with Gasteiger partial charge in [-0.15, -0.1) is 0 Å². The lowest BCUT2D eigenvalue weighted by atomic mass is 9.68. The molecule has 0 N–H and O–H groups in total. The molecule has 0 bridgehead atoms. The Morgan fingerprint density at radius 1 is 0.943 bits per heavy atom. The van der Waals surface area contributed by atoms with Gasteiger partial charge in [-0.3, -0.25) is 0 Å². The summed E-state index contributed by atoms with van der Waals surface area (Å²) in [5.41, 5.74) is 1.61. The van der Waals surface area contributed by atoms with E-state index in [1.54, 1.807) is 12.1 Å². The summed E-state index contributed by atoms with van der Waals surface area (Å²) in [6.45, 7) is 2.24. The number of oxazole rings is 1. The zero-order valence-corrected chi connectivity index (χ0v) is 20.3. The predicted molar refractivity (Wildman–Crippen MR) is 131 cm³/mol. The molecule has 2 aliphatic carbocycles. The monoisotopic (exact) mass is 485 g/mol. The Kier molecular flexibility index (Phi) is 7.08. The highest BCUT2D eigenvalue weighted by atomic mass is 19.3. The van der Waals surface area contributed by atoms with Gasteiger partial charge in [0.15, 0.2) is 17.1 Å². The molecule has 2 aromatic carbocycles. The van der Waals surface area contributed by atoms with E-state index in [0.29, 0.717) is 41.3 Å². The molecular weight excluding hydrogens is 451 g/mol. The number of halogens is 3. The summed E-state index contributed by atoms with van der Waals surface area (Å²) in [6.07, 6.45) is 6.69. The Balaban J connectivity index is 1.18. The van der Waals surface area contributed by atoms with Gasteiger partial charge in [-0.2, -0.15) is 8.78 Å². The van der Waals surface area contributed by atoms with Crippen LogP contribution in [0.15, 0.2) is 46.9 Å². The molecule has 0 amide bonds. The average Bonchev–Trinajstić information content (AvgIpc) is 3.30. The lowest BCUT2D eigenvalue weighted by molar-refractivity contribution is -0.225. The van der Waals surface area contributed by atoms with Crippen LogP contribution in [0.25, 0.3) is 22.6 Å². The van der Waals surface area contributed by atoms with Crippen molar-refractivity contribution in [2.24, 2.45) is 23.7 Å². The van der Waals surface area contributed by atoms with Gasteiger partial charge in [0.1, 0.15) is 5.52 Å². The molecule has 3 aromatic rings. The smallest absolute Gasteiger partial charge is 0.400 e. The molecule has 0 saturated heterocycles. The second kappa shape index (κ2) is 10.2. The lowest BCUT2D eigenvalue weighted by Crippen LogP contribution is -2.38. The molecule has 188 valence electrons. The Morgan fingerprint density at radius 3 is 2.29 bits per heavy atom. The van der Waals surface area contributed by atoms with Crippen molar-refractivity contribution in [3.8, 4) is 17.2 Å². The molecule has 1 aromatic heterocycles. The third-order valence-electron chi connectivity index (χ3n) is 8.22.